The molecule has 1 unspecified atom stereocenters. The molecule has 0 fully saturated rings. The second-order valence-electron chi connectivity index (χ2n) is 8.02. The van der Waals surface area contributed by atoms with Crippen molar-refractivity contribution in [1.29, 1.82) is 0 Å². The number of rotatable bonds is 6. The highest BCUT2D eigenvalue weighted by atomic mass is 16.5. The molecule has 1 aromatic heterocycles. The monoisotopic (exact) mass is 401 g/mol. The van der Waals surface area contributed by atoms with E-state index >= 15 is 0 Å². The summed E-state index contributed by atoms with van der Waals surface area (Å²) in [5.74, 6) is -1.06. The van der Waals surface area contributed by atoms with Gasteiger partial charge in [-0.3, -0.25) is 9.48 Å². The first-order chi connectivity index (χ1) is 13.4. The zero-order valence-electron chi connectivity index (χ0n) is 18.5. The van der Waals surface area contributed by atoms with Gasteiger partial charge in [0.25, 0.3) is 5.91 Å². The Hall–Kier alpha value is -2.83. The number of ether oxygens (including phenoxy) is 1. The number of carbonyl (C=O) groups is 2. The zero-order chi connectivity index (χ0) is 22.0. The molecule has 1 amide bonds. The van der Waals surface area contributed by atoms with Crippen LogP contribution in [0, 0.1) is 13.8 Å². The number of hydrogen-bond donors (Lipinski definition) is 2. The molecule has 7 heteroatoms. The maximum absolute atomic E-state index is 12.7. The molecular formula is C22H31N3O4. The van der Waals surface area contributed by atoms with Crippen molar-refractivity contribution in [2.75, 3.05) is 5.32 Å². The lowest BCUT2D eigenvalue weighted by molar-refractivity contribution is -0.123. The summed E-state index contributed by atoms with van der Waals surface area (Å²) < 4.78 is 7.04. The smallest absolute Gasteiger partial charge is 0.342 e. The highest BCUT2D eigenvalue weighted by Crippen LogP contribution is 2.33. The van der Waals surface area contributed by atoms with E-state index in [0.29, 0.717) is 16.9 Å². The number of phenols is 1. The fourth-order valence-corrected chi connectivity index (χ4v) is 3.07. The van der Waals surface area contributed by atoms with Gasteiger partial charge in [0.2, 0.25) is 0 Å². The van der Waals surface area contributed by atoms with Crippen molar-refractivity contribution >= 4 is 17.6 Å². The normalized spacial score (nSPS) is 12.3. The van der Waals surface area contributed by atoms with Crippen LogP contribution in [0.1, 0.15) is 79.3 Å². The van der Waals surface area contributed by atoms with E-state index in [0.717, 1.165) is 11.3 Å². The van der Waals surface area contributed by atoms with Crippen LogP contribution in [-0.4, -0.2) is 32.9 Å². The maximum atomic E-state index is 12.7. The number of phenolic OH excluding ortho intramolecular Hbond substituents is 1. The molecule has 7 nitrogen and oxygen atoms in total. The molecule has 0 aliphatic rings. The highest BCUT2D eigenvalue weighted by Gasteiger charge is 2.25. The molecule has 0 saturated heterocycles. The first kappa shape index (κ1) is 22.5. The van der Waals surface area contributed by atoms with E-state index in [4.69, 9.17) is 4.74 Å². The fraction of sp³-hybridized carbons (Fsp3) is 0.500. The minimum atomic E-state index is -1.04. The van der Waals surface area contributed by atoms with Gasteiger partial charge in [0, 0.05) is 7.05 Å². The van der Waals surface area contributed by atoms with E-state index in [-0.39, 0.29) is 23.1 Å². The van der Waals surface area contributed by atoms with E-state index in [1.165, 1.54) is 6.92 Å². The molecular weight excluding hydrogens is 370 g/mol. The summed E-state index contributed by atoms with van der Waals surface area (Å²) in [5.41, 5.74) is 3.78. The molecule has 2 N–H and O–H groups in total. The average Bonchev–Trinajstić information content (AvgIpc) is 2.87. The lowest BCUT2D eigenvalue weighted by atomic mass is 9.92. The quantitative estimate of drug-likeness (QED) is 0.709. The Kier molecular flexibility index (Phi) is 6.72. The standard InChI is InChI=1S/C22H31N3O4/c1-11(2)16-9-17(12(3)4)20(26)18(10-16)22(28)29-15(7)21(27)23-19-13(5)24-25(8)14(19)6/h9-12,15,26H,1-8H3,(H,23,27). The lowest BCUT2D eigenvalue weighted by Gasteiger charge is -2.18. The summed E-state index contributed by atoms with van der Waals surface area (Å²) in [4.78, 5) is 25.3. The number of aromatic hydroxyl groups is 1. The molecule has 0 aliphatic heterocycles. The van der Waals surface area contributed by atoms with Gasteiger partial charge >= 0.3 is 5.97 Å². The SMILES string of the molecule is Cc1nn(C)c(C)c1NC(=O)C(C)OC(=O)c1cc(C(C)C)cc(C(C)C)c1O. The summed E-state index contributed by atoms with van der Waals surface area (Å²) in [6.07, 6.45) is -1.04. The fourth-order valence-electron chi connectivity index (χ4n) is 3.07. The third kappa shape index (κ3) is 4.78. The first-order valence-corrected chi connectivity index (χ1v) is 9.82. The van der Waals surface area contributed by atoms with Gasteiger partial charge in [0.15, 0.2) is 6.10 Å². The molecule has 0 saturated carbocycles. The average molecular weight is 402 g/mol. The van der Waals surface area contributed by atoms with E-state index in [1.807, 2.05) is 40.7 Å². The van der Waals surface area contributed by atoms with Gasteiger partial charge in [0.1, 0.15) is 11.3 Å². The number of nitrogens with zero attached hydrogens (tertiary/aromatic N) is 2. The number of esters is 1. The molecule has 1 heterocycles. The Morgan fingerprint density at radius 1 is 1.10 bits per heavy atom. The minimum Gasteiger partial charge on any atom is -0.507 e. The molecule has 0 bridgehead atoms. The number of carbonyl (C=O) groups excluding carboxylic acids is 2. The molecule has 0 spiro atoms. The van der Waals surface area contributed by atoms with Crippen LogP contribution >= 0.6 is 0 Å². The van der Waals surface area contributed by atoms with Gasteiger partial charge in [-0.1, -0.05) is 33.8 Å². The summed E-state index contributed by atoms with van der Waals surface area (Å²) in [6.45, 7) is 13.1. The highest BCUT2D eigenvalue weighted by molar-refractivity contribution is 5.99. The minimum absolute atomic E-state index is 0.0394. The summed E-state index contributed by atoms with van der Waals surface area (Å²) in [7, 11) is 1.79. The van der Waals surface area contributed by atoms with Gasteiger partial charge in [-0.15, -0.1) is 0 Å². The van der Waals surface area contributed by atoms with E-state index in [1.54, 1.807) is 24.7 Å². The van der Waals surface area contributed by atoms with Crippen LogP contribution in [0.25, 0.3) is 0 Å². The summed E-state index contributed by atoms with van der Waals surface area (Å²) in [5, 5.41) is 17.6. The number of anilines is 1. The summed E-state index contributed by atoms with van der Waals surface area (Å²) >= 11 is 0. The van der Waals surface area contributed by atoms with Gasteiger partial charge in [-0.25, -0.2) is 4.79 Å². The Morgan fingerprint density at radius 3 is 2.21 bits per heavy atom. The molecule has 2 rings (SSSR count). The van der Waals surface area contributed by atoms with Crippen LogP contribution in [0.15, 0.2) is 12.1 Å². The predicted molar refractivity (Wildman–Crippen MR) is 112 cm³/mol. The third-order valence-electron chi connectivity index (χ3n) is 5.08. The van der Waals surface area contributed by atoms with Crippen LogP contribution < -0.4 is 5.32 Å². The maximum Gasteiger partial charge on any atom is 0.342 e. The van der Waals surface area contributed by atoms with Crippen LogP contribution in [0.4, 0.5) is 5.69 Å². The Balaban J connectivity index is 2.23. The van der Waals surface area contributed by atoms with E-state index in [2.05, 4.69) is 10.4 Å². The van der Waals surface area contributed by atoms with E-state index in [9.17, 15) is 14.7 Å². The Morgan fingerprint density at radius 2 is 1.72 bits per heavy atom. The van der Waals surface area contributed by atoms with Crippen molar-refractivity contribution in [3.05, 3.63) is 40.2 Å². The molecule has 158 valence electrons. The third-order valence-corrected chi connectivity index (χ3v) is 5.08. The second kappa shape index (κ2) is 8.68. The zero-order valence-corrected chi connectivity index (χ0v) is 18.5. The topological polar surface area (TPSA) is 93.5 Å². The molecule has 2 aromatic rings. The van der Waals surface area contributed by atoms with Crippen molar-refractivity contribution in [3.63, 3.8) is 0 Å². The molecule has 1 atom stereocenters. The van der Waals surface area contributed by atoms with Crippen molar-refractivity contribution in [2.45, 2.75) is 66.4 Å². The number of hydrogen-bond acceptors (Lipinski definition) is 5. The molecule has 0 aliphatic carbocycles. The van der Waals surface area contributed by atoms with Crippen molar-refractivity contribution in [1.82, 2.24) is 9.78 Å². The van der Waals surface area contributed by atoms with Crippen LogP contribution in [0.5, 0.6) is 5.75 Å². The summed E-state index contributed by atoms with van der Waals surface area (Å²) in [6, 6.07) is 3.54. The molecule has 29 heavy (non-hydrogen) atoms. The number of aryl methyl sites for hydroxylation is 2. The van der Waals surface area contributed by atoms with Crippen LogP contribution in [0.2, 0.25) is 0 Å². The molecule has 1 aromatic carbocycles. The number of nitrogens with one attached hydrogen (secondary N) is 1. The predicted octanol–water partition coefficient (Wildman–Crippen LogP) is 4.17. The number of benzene rings is 1. The lowest BCUT2D eigenvalue weighted by Crippen LogP contribution is -2.30. The first-order valence-electron chi connectivity index (χ1n) is 9.82. The second-order valence-corrected chi connectivity index (χ2v) is 8.02. The molecule has 0 radical (unpaired) electrons. The van der Waals surface area contributed by atoms with Crippen molar-refractivity contribution in [2.24, 2.45) is 7.05 Å². The van der Waals surface area contributed by atoms with Gasteiger partial charge in [-0.05, 0) is 49.8 Å². The number of aromatic nitrogens is 2. The van der Waals surface area contributed by atoms with Crippen molar-refractivity contribution in [3.8, 4) is 5.75 Å². The Labute approximate surface area is 172 Å². The van der Waals surface area contributed by atoms with Gasteiger partial charge in [-0.2, -0.15) is 5.10 Å². The largest absolute Gasteiger partial charge is 0.507 e. The van der Waals surface area contributed by atoms with Crippen LogP contribution in [-0.2, 0) is 16.6 Å². The van der Waals surface area contributed by atoms with Gasteiger partial charge in [0.05, 0.1) is 17.1 Å². The van der Waals surface area contributed by atoms with Gasteiger partial charge < -0.3 is 15.2 Å². The number of amides is 1. The Bertz CT molecular complexity index is 929. The van der Waals surface area contributed by atoms with Crippen molar-refractivity contribution < 1.29 is 19.4 Å². The van der Waals surface area contributed by atoms with E-state index < -0.39 is 18.0 Å². The van der Waals surface area contributed by atoms with Crippen LogP contribution in [0.3, 0.4) is 0 Å².